The molecule has 0 aromatic heterocycles. The van der Waals surface area contributed by atoms with E-state index in [2.05, 4.69) is 42.7 Å². The number of rotatable bonds is 6. The van der Waals surface area contributed by atoms with Gasteiger partial charge in [-0.05, 0) is 62.9 Å². The Morgan fingerprint density at radius 2 is 2.32 bits per heavy atom. The first-order chi connectivity index (χ1) is 9.29. The molecule has 1 saturated heterocycles. The van der Waals surface area contributed by atoms with Gasteiger partial charge in [-0.3, -0.25) is 0 Å². The smallest absolute Gasteiger partial charge is 0.142 e. The molecule has 0 spiro atoms. The SMILES string of the molecule is CCCOc1ccc(C)cc1NCC1CCCNC1. The van der Waals surface area contributed by atoms with E-state index in [1.807, 2.05) is 0 Å². The van der Waals surface area contributed by atoms with Gasteiger partial charge in [-0.15, -0.1) is 0 Å². The van der Waals surface area contributed by atoms with Crippen molar-refractivity contribution < 1.29 is 4.74 Å². The van der Waals surface area contributed by atoms with E-state index in [1.165, 1.54) is 24.9 Å². The molecular formula is C16H26N2O. The van der Waals surface area contributed by atoms with Gasteiger partial charge in [0.2, 0.25) is 0 Å². The fourth-order valence-electron chi connectivity index (χ4n) is 2.47. The van der Waals surface area contributed by atoms with Gasteiger partial charge in [-0.25, -0.2) is 0 Å². The molecule has 2 rings (SSSR count). The zero-order valence-corrected chi connectivity index (χ0v) is 12.2. The van der Waals surface area contributed by atoms with Gasteiger partial charge in [0, 0.05) is 6.54 Å². The Kier molecular flexibility index (Phi) is 5.52. The van der Waals surface area contributed by atoms with E-state index in [0.717, 1.165) is 43.5 Å². The van der Waals surface area contributed by atoms with Crippen molar-refractivity contribution in [1.29, 1.82) is 0 Å². The summed E-state index contributed by atoms with van der Waals surface area (Å²) in [4.78, 5) is 0. The first-order valence-electron chi connectivity index (χ1n) is 7.47. The zero-order chi connectivity index (χ0) is 13.5. The zero-order valence-electron chi connectivity index (χ0n) is 12.2. The normalized spacial score (nSPS) is 19.2. The van der Waals surface area contributed by atoms with Gasteiger partial charge in [0.25, 0.3) is 0 Å². The molecule has 1 unspecified atom stereocenters. The number of anilines is 1. The van der Waals surface area contributed by atoms with Crippen molar-refractivity contribution in [3.05, 3.63) is 23.8 Å². The van der Waals surface area contributed by atoms with Crippen LogP contribution in [0, 0.1) is 12.8 Å². The summed E-state index contributed by atoms with van der Waals surface area (Å²) >= 11 is 0. The number of hydrogen-bond donors (Lipinski definition) is 2. The van der Waals surface area contributed by atoms with E-state index in [0.29, 0.717) is 0 Å². The van der Waals surface area contributed by atoms with Crippen LogP contribution < -0.4 is 15.4 Å². The number of piperidine rings is 1. The molecule has 1 aliphatic rings. The van der Waals surface area contributed by atoms with Crippen LogP contribution in [0.25, 0.3) is 0 Å². The maximum absolute atomic E-state index is 5.80. The van der Waals surface area contributed by atoms with Crippen molar-refractivity contribution in [3.8, 4) is 5.75 Å². The van der Waals surface area contributed by atoms with E-state index >= 15 is 0 Å². The van der Waals surface area contributed by atoms with Crippen LogP contribution in [0.4, 0.5) is 5.69 Å². The number of hydrogen-bond acceptors (Lipinski definition) is 3. The summed E-state index contributed by atoms with van der Waals surface area (Å²) in [6.07, 6.45) is 3.65. The van der Waals surface area contributed by atoms with E-state index in [1.54, 1.807) is 0 Å². The van der Waals surface area contributed by atoms with E-state index in [-0.39, 0.29) is 0 Å². The predicted octanol–water partition coefficient (Wildman–Crippen LogP) is 3.20. The third kappa shape index (κ3) is 4.43. The van der Waals surface area contributed by atoms with Crippen LogP contribution in [-0.4, -0.2) is 26.2 Å². The number of ether oxygens (including phenoxy) is 1. The highest BCUT2D eigenvalue weighted by Gasteiger charge is 2.13. The summed E-state index contributed by atoms with van der Waals surface area (Å²) in [5.74, 6) is 1.71. The lowest BCUT2D eigenvalue weighted by molar-refractivity contribution is 0.318. The third-order valence-electron chi connectivity index (χ3n) is 3.58. The Labute approximate surface area is 116 Å². The molecule has 1 aromatic rings. The average Bonchev–Trinajstić information content (AvgIpc) is 2.45. The van der Waals surface area contributed by atoms with Crippen molar-refractivity contribution in [2.24, 2.45) is 5.92 Å². The summed E-state index contributed by atoms with van der Waals surface area (Å²) in [6, 6.07) is 6.37. The second-order valence-electron chi connectivity index (χ2n) is 5.44. The van der Waals surface area contributed by atoms with Crippen molar-refractivity contribution in [2.75, 3.05) is 31.6 Å². The minimum absolute atomic E-state index is 0.730. The molecule has 1 atom stereocenters. The summed E-state index contributed by atoms with van der Waals surface area (Å²) in [5, 5.41) is 7.03. The summed E-state index contributed by atoms with van der Waals surface area (Å²) in [5.41, 5.74) is 2.41. The lowest BCUT2D eigenvalue weighted by Gasteiger charge is -2.24. The minimum atomic E-state index is 0.730. The van der Waals surface area contributed by atoms with Crippen molar-refractivity contribution in [1.82, 2.24) is 5.32 Å². The summed E-state index contributed by atoms with van der Waals surface area (Å²) < 4.78 is 5.80. The van der Waals surface area contributed by atoms with Gasteiger partial charge in [0.1, 0.15) is 5.75 Å². The average molecular weight is 262 g/mol. The van der Waals surface area contributed by atoms with Crippen LogP contribution in [0.2, 0.25) is 0 Å². The fourth-order valence-corrected chi connectivity index (χ4v) is 2.47. The van der Waals surface area contributed by atoms with Crippen molar-refractivity contribution >= 4 is 5.69 Å². The molecule has 106 valence electrons. The largest absolute Gasteiger partial charge is 0.491 e. The maximum atomic E-state index is 5.80. The van der Waals surface area contributed by atoms with Gasteiger partial charge in [0.15, 0.2) is 0 Å². The van der Waals surface area contributed by atoms with E-state index in [9.17, 15) is 0 Å². The molecule has 19 heavy (non-hydrogen) atoms. The molecule has 2 N–H and O–H groups in total. The topological polar surface area (TPSA) is 33.3 Å². The maximum Gasteiger partial charge on any atom is 0.142 e. The molecule has 1 heterocycles. The van der Waals surface area contributed by atoms with Crippen LogP contribution in [-0.2, 0) is 0 Å². The van der Waals surface area contributed by atoms with Crippen molar-refractivity contribution in [3.63, 3.8) is 0 Å². The first kappa shape index (κ1) is 14.2. The Hall–Kier alpha value is -1.22. The Morgan fingerprint density at radius 1 is 1.42 bits per heavy atom. The van der Waals surface area contributed by atoms with Crippen molar-refractivity contribution in [2.45, 2.75) is 33.1 Å². The van der Waals surface area contributed by atoms with Gasteiger partial charge >= 0.3 is 0 Å². The number of nitrogens with one attached hydrogen (secondary N) is 2. The molecule has 0 saturated carbocycles. The second kappa shape index (κ2) is 7.39. The van der Waals surface area contributed by atoms with Gasteiger partial charge < -0.3 is 15.4 Å². The first-order valence-corrected chi connectivity index (χ1v) is 7.47. The van der Waals surface area contributed by atoms with Crippen LogP contribution in [0.5, 0.6) is 5.75 Å². The molecule has 0 aliphatic carbocycles. The van der Waals surface area contributed by atoms with Gasteiger partial charge in [-0.2, -0.15) is 0 Å². The Balaban J connectivity index is 1.94. The van der Waals surface area contributed by atoms with E-state index in [4.69, 9.17) is 4.74 Å². The fraction of sp³-hybridized carbons (Fsp3) is 0.625. The standard InChI is InChI=1S/C16H26N2O/c1-3-9-19-16-7-6-13(2)10-15(16)18-12-14-5-4-8-17-11-14/h6-7,10,14,17-18H,3-5,8-9,11-12H2,1-2H3. The lowest BCUT2D eigenvalue weighted by Crippen LogP contribution is -2.33. The summed E-state index contributed by atoms with van der Waals surface area (Å²) in [7, 11) is 0. The molecule has 1 fully saturated rings. The Morgan fingerprint density at radius 3 is 3.05 bits per heavy atom. The number of benzene rings is 1. The van der Waals surface area contributed by atoms with Crippen LogP contribution >= 0.6 is 0 Å². The second-order valence-corrected chi connectivity index (χ2v) is 5.44. The summed E-state index contributed by atoms with van der Waals surface area (Å²) in [6.45, 7) is 8.36. The molecule has 1 aromatic carbocycles. The van der Waals surface area contributed by atoms with Crippen LogP contribution in [0.1, 0.15) is 31.7 Å². The monoisotopic (exact) mass is 262 g/mol. The van der Waals surface area contributed by atoms with Crippen LogP contribution in [0.3, 0.4) is 0 Å². The molecule has 0 bridgehead atoms. The lowest BCUT2D eigenvalue weighted by atomic mass is 9.99. The quantitative estimate of drug-likeness (QED) is 0.826. The molecular weight excluding hydrogens is 236 g/mol. The third-order valence-corrected chi connectivity index (χ3v) is 3.58. The minimum Gasteiger partial charge on any atom is -0.491 e. The molecule has 3 heteroatoms. The van der Waals surface area contributed by atoms with E-state index < -0.39 is 0 Å². The molecule has 1 aliphatic heterocycles. The highest BCUT2D eigenvalue weighted by Crippen LogP contribution is 2.26. The van der Waals surface area contributed by atoms with Gasteiger partial charge in [0.05, 0.1) is 12.3 Å². The molecule has 3 nitrogen and oxygen atoms in total. The number of aryl methyl sites for hydroxylation is 1. The molecule has 0 radical (unpaired) electrons. The van der Waals surface area contributed by atoms with Crippen LogP contribution in [0.15, 0.2) is 18.2 Å². The highest BCUT2D eigenvalue weighted by atomic mass is 16.5. The van der Waals surface area contributed by atoms with Gasteiger partial charge in [-0.1, -0.05) is 13.0 Å². The predicted molar refractivity (Wildman–Crippen MR) is 81.0 cm³/mol. The highest BCUT2D eigenvalue weighted by molar-refractivity contribution is 5.58. The Bertz CT molecular complexity index is 386. The molecule has 0 amide bonds.